The first-order valence-electron chi connectivity index (χ1n) is 7.45. The predicted molar refractivity (Wildman–Crippen MR) is 89.1 cm³/mol. The predicted octanol–water partition coefficient (Wildman–Crippen LogP) is 4.26. The molecule has 21 heavy (non-hydrogen) atoms. The van der Waals surface area contributed by atoms with Crippen molar-refractivity contribution in [2.45, 2.75) is 33.7 Å². The molecule has 2 aromatic rings. The molecule has 0 aliphatic carbocycles. The number of likely N-dealkylation sites (N-methyl/N-ethyl adjacent to an activating group) is 1. The number of aryl methyl sites for hydroxylation is 4. The zero-order valence-electron chi connectivity index (χ0n) is 13.7. The van der Waals surface area contributed by atoms with Crippen molar-refractivity contribution in [3.63, 3.8) is 0 Å². The second-order valence-electron chi connectivity index (χ2n) is 5.78. The van der Waals surface area contributed by atoms with E-state index in [2.05, 4.69) is 69.4 Å². The van der Waals surface area contributed by atoms with E-state index in [1.54, 1.807) is 0 Å². The second-order valence-corrected chi connectivity index (χ2v) is 5.78. The molecule has 0 bridgehead atoms. The Morgan fingerprint density at radius 2 is 1.52 bits per heavy atom. The highest BCUT2D eigenvalue weighted by Crippen LogP contribution is 2.23. The number of hydrogen-bond acceptors (Lipinski definition) is 2. The standard InChI is InChI=1S/C19H25NO/c1-13-6-8-15(3)17(10-13)18(20-5)12-21-19-11-14(2)7-9-16(19)4/h6-11,18,20H,12H2,1-5H3. The van der Waals surface area contributed by atoms with Crippen LogP contribution in [0.1, 0.15) is 33.9 Å². The van der Waals surface area contributed by atoms with Crippen LogP contribution in [0.15, 0.2) is 36.4 Å². The molecule has 2 nitrogen and oxygen atoms in total. The van der Waals surface area contributed by atoms with Crippen molar-refractivity contribution in [3.8, 4) is 5.75 Å². The van der Waals surface area contributed by atoms with E-state index in [0.717, 1.165) is 5.75 Å². The van der Waals surface area contributed by atoms with Gasteiger partial charge >= 0.3 is 0 Å². The van der Waals surface area contributed by atoms with Gasteiger partial charge in [-0.15, -0.1) is 0 Å². The Kier molecular flexibility index (Phi) is 5.03. The smallest absolute Gasteiger partial charge is 0.122 e. The summed E-state index contributed by atoms with van der Waals surface area (Å²) in [5, 5.41) is 3.37. The van der Waals surface area contributed by atoms with E-state index in [1.807, 2.05) is 7.05 Å². The third kappa shape index (κ3) is 3.85. The molecule has 0 spiro atoms. The third-order valence-electron chi connectivity index (χ3n) is 3.91. The second kappa shape index (κ2) is 6.77. The molecule has 1 N–H and O–H groups in total. The molecule has 0 saturated heterocycles. The lowest BCUT2D eigenvalue weighted by atomic mass is 9.99. The van der Waals surface area contributed by atoms with Crippen LogP contribution in [0, 0.1) is 27.7 Å². The Balaban J connectivity index is 2.16. The molecule has 2 heteroatoms. The van der Waals surface area contributed by atoms with Crippen LogP contribution in [0.5, 0.6) is 5.75 Å². The van der Waals surface area contributed by atoms with E-state index in [0.29, 0.717) is 6.61 Å². The van der Waals surface area contributed by atoms with Gasteiger partial charge in [0.15, 0.2) is 0 Å². The topological polar surface area (TPSA) is 21.3 Å². The SMILES string of the molecule is CNC(COc1cc(C)ccc1C)c1cc(C)ccc1C. The molecular formula is C19H25NO. The number of benzene rings is 2. The molecule has 0 aliphatic rings. The minimum absolute atomic E-state index is 0.199. The van der Waals surface area contributed by atoms with Gasteiger partial charge in [0.1, 0.15) is 12.4 Å². The Bertz CT molecular complexity index is 619. The molecule has 0 aliphatic heterocycles. The van der Waals surface area contributed by atoms with Gasteiger partial charge in [0.05, 0.1) is 6.04 Å². The van der Waals surface area contributed by atoms with Gasteiger partial charge < -0.3 is 10.1 Å². The number of rotatable bonds is 5. The van der Waals surface area contributed by atoms with Crippen molar-refractivity contribution in [2.24, 2.45) is 0 Å². The summed E-state index contributed by atoms with van der Waals surface area (Å²) < 4.78 is 6.06. The zero-order chi connectivity index (χ0) is 15.4. The summed E-state index contributed by atoms with van der Waals surface area (Å²) in [5.74, 6) is 0.973. The van der Waals surface area contributed by atoms with E-state index >= 15 is 0 Å². The van der Waals surface area contributed by atoms with Gasteiger partial charge in [-0.25, -0.2) is 0 Å². The number of hydrogen-bond donors (Lipinski definition) is 1. The van der Waals surface area contributed by atoms with Crippen LogP contribution in [0.25, 0.3) is 0 Å². The van der Waals surface area contributed by atoms with Crippen LogP contribution >= 0.6 is 0 Å². The van der Waals surface area contributed by atoms with Crippen molar-refractivity contribution in [3.05, 3.63) is 64.2 Å². The van der Waals surface area contributed by atoms with E-state index < -0.39 is 0 Å². The lowest BCUT2D eigenvalue weighted by Gasteiger charge is -2.21. The fourth-order valence-corrected chi connectivity index (χ4v) is 2.50. The van der Waals surface area contributed by atoms with Crippen molar-refractivity contribution >= 4 is 0 Å². The number of nitrogens with one attached hydrogen (secondary N) is 1. The van der Waals surface area contributed by atoms with Gasteiger partial charge in [-0.3, -0.25) is 0 Å². The average molecular weight is 283 g/mol. The van der Waals surface area contributed by atoms with Crippen LogP contribution in [0.4, 0.5) is 0 Å². The molecular weight excluding hydrogens is 258 g/mol. The van der Waals surface area contributed by atoms with Gasteiger partial charge in [0.2, 0.25) is 0 Å². The van der Waals surface area contributed by atoms with Crippen LogP contribution in [0.2, 0.25) is 0 Å². The maximum absolute atomic E-state index is 6.06. The normalized spacial score (nSPS) is 12.2. The molecule has 0 heterocycles. The van der Waals surface area contributed by atoms with Gasteiger partial charge in [0.25, 0.3) is 0 Å². The minimum atomic E-state index is 0.199. The summed E-state index contributed by atoms with van der Waals surface area (Å²) >= 11 is 0. The molecule has 2 aromatic carbocycles. The van der Waals surface area contributed by atoms with Gasteiger partial charge in [-0.1, -0.05) is 35.9 Å². The van der Waals surface area contributed by atoms with E-state index in [4.69, 9.17) is 4.74 Å². The molecule has 0 radical (unpaired) electrons. The molecule has 0 fully saturated rings. The van der Waals surface area contributed by atoms with Crippen molar-refractivity contribution in [1.29, 1.82) is 0 Å². The first-order chi connectivity index (χ1) is 10.0. The maximum atomic E-state index is 6.06. The largest absolute Gasteiger partial charge is 0.491 e. The molecule has 0 aromatic heterocycles. The van der Waals surface area contributed by atoms with Crippen molar-refractivity contribution in [1.82, 2.24) is 5.32 Å². The monoisotopic (exact) mass is 283 g/mol. The highest BCUT2D eigenvalue weighted by molar-refractivity contribution is 5.37. The Labute approximate surface area is 128 Å². The quantitative estimate of drug-likeness (QED) is 0.885. The molecule has 0 amide bonds. The highest BCUT2D eigenvalue weighted by atomic mass is 16.5. The Morgan fingerprint density at radius 3 is 2.19 bits per heavy atom. The third-order valence-corrected chi connectivity index (χ3v) is 3.91. The summed E-state index contributed by atoms with van der Waals surface area (Å²) in [7, 11) is 1.99. The Morgan fingerprint density at radius 1 is 0.905 bits per heavy atom. The number of ether oxygens (including phenoxy) is 1. The minimum Gasteiger partial charge on any atom is -0.491 e. The first kappa shape index (κ1) is 15.6. The summed E-state index contributed by atoms with van der Waals surface area (Å²) in [6.45, 7) is 9.08. The maximum Gasteiger partial charge on any atom is 0.122 e. The molecule has 2 rings (SSSR count). The van der Waals surface area contributed by atoms with Gasteiger partial charge in [0, 0.05) is 0 Å². The van der Waals surface area contributed by atoms with Gasteiger partial charge in [-0.2, -0.15) is 0 Å². The van der Waals surface area contributed by atoms with Crippen LogP contribution in [-0.2, 0) is 0 Å². The van der Waals surface area contributed by atoms with Crippen LogP contribution in [0.3, 0.4) is 0 Å². The fraction of sp³-hybridized carbons (Fsp3) is 0.368. The molecule has 112 valence electrons. The van der Waals surface area contributed by atoms with E-state index in [1.165, 1.54) is 27.8 Å². The fourth-order valence-electron chi connectivity index (χ4n) is 2.50. The zero-order valence-corrected chi connectivity index (χ0v) is 13.7. The summed E-state index contributed by atoms with van der Waals surface area (Å²) in [4.78, 5) is 0. The van der Waals surface area contributed by atoms with Crippen LogP contribution in [-0.4, -0.2) is 13.7 Å². The van der Waals surface area contributed by atoms with Gasteiger partial charge in [-0.05, 0) is 63.1 Å². The molecule has 0 saturated carbocycles. The van der Waals surface area contributed by atoms with Crippen molar-refractivity contribution in [2.75, 3.05) is 13.7 Å². The lowest BCUT2D eigenvalue weighted by Crippen LogP contribution is -2.24. The first-order valence-corrected chi connectivity index (χ1v) is 7.45. The summed E-state index contributed by atoms with van der Waals surface area (Å²) in [5.41, 5.74) is 6.29. The van der Waals surface area contributed by atoms with Crippen LogP contribution < -0.4 is 10.1 Å². The summed E-state index contributed by atoms with van der Waals surface area (Å²) in [6.07, 6.45) is 0. The van der Waals surface area contributed by atoms with Crippen molar-refractivity contribution < 1.29 is 4.74 Å². The highest BCUT2D eigenvalue weighted by Gasteiger charge is 2.13. The van der Waals surface area contributed by atoms with E-state index in [9.17, 15) is 0 Å². The molecule has 1 atom stereocenters. The summed E-state index contributed by atoms with van der Waals surface area (Å²) in [6, 6.07) is 13.1. The van der Waals surface area contributed by atoms with E-state index in [-0.39, 0.29) is 6.04 Å². The Hall–Kier alpha value is -1.80. The lowest BCUT2D eigenvalue weighted by molar-refractivity contribution is 0.271. The average Bonchev–Trinajstić information content (AvgIpc) is 2.46. The molecule has 1 unspecified atom stereocenters.